The van der Waals surface area contributed by atoms with Crippen molar-refractivity contribution in [2.75, 3.05) is 26.3 Å². The van der Waals surface area contributed by atoms with Gasteiger partial charge >= 0.3 is 0 Å². The van der Waals surface area contributed by atoms with Crippen LogP contribution in [0.3, 0.4) is 0 Å². The van der Waals surface area contributed by atoms with Gasteiger partial charge in [0.05, 0.1) is 25.2 Å². The molecule has 2 heterocycles. The molecule has 28 heavy (non-hydrogen) atoms. The number of carbonyl (C=O) groups is 1. The van der Waals surface area contributed by atoms with Crippen molar-refractivity contribution in [3.05, 3.63) is 52.9 Å². The Morgan fingerprint density at radius 1 is 1.11 bits per heavy atom. The van der Waals surface area contributed by atoms with Crippen molar-refractivity contribution < 1.29 is 17.9 Å². The minimum atomic E-state index is -3.49. The largest absolute Gasteiger partial charge is 0.379 e. The molecule has 2 fully saturated rings. The minimum absolute atomic E-state index is 0.0240. The third-order valence-corrected chi connectivity index (χ3v) is 9.04. The molecule has 0 atom stereocenters. The molecule has 1 aromatic carbocycles. The van der Waals surface area contributed by atoms with Crippen LogP contribution in [0.15, 0.2) is 46.7 Å². The Bertz CT molecular complexity index is 930. The summed E-state index contributed by atoms with van der Waals surface area (Å²) in [7, 11) is -3.49. The highest BCUT2D eigenvalue weighted by Gasteiger charge is 2.45. The third kappa shape index (κ3) is 3.61. The number of carbonyl (C=O) groups excluding carboxylic acids is 1. The average molecular weight is 421 g/mol. The number of morpholine rings is 1. The van der Waals surface area contributed by atoms with Crippen LogP contribution in [0.2, 0.25) is 0 Å². The van der Waals surface area contributed by atoms with Crippen molar-refractivity contribution in [1.29, 1.82) is 0 Å². The van der Waals surface area contributed by atoms with Gasteiger partial charge < -0.3 is 10.1 Å². The fourth-order valence-electron chi connectivity index (χ4n) is 3.78. The molecule has 0 unspecified atom stereocenters. The Hall–Kier alpha value is -1.74. The molecular formula is C20H24N2O4S2. The van der Waals surface area contributed by atoms with E-state index in [1.54, 1.807) is 12.1 Å². The van der Waals surface area contributed by atoms with Gasteiger partial charge in [-0.3, -0.25) is 4.79 Å². The Labute approximate surface area is 169 Å². The van der Waals surface area contributed by atoms with Gasteiger partial charge in [-0.15, -0.1) is 11.3 Å². The quantitative estimate of drug-likeness (QED) is 0.779. The summed E-state index contributed by atoms with van der Waals surface area (Å²) in [4.78, 5) is 13.8. The molecule has 1 saturated carbocycles. The fraction of sp³-hybridized carbons (Fsp3) is 0.450. The molecule has 2 aromatic rings. The second kappa shape index (κ2) is 7.94. The van der Waals surface area contributed by atoms with E-state index in [9.17, 15) is 13.2 Å². The molecule has 8 heteroatoms. The highest BCUT2D eigenvalue weighted by atomic mass is 32.2. The van der Waals surface area contributed by atoms with E-state index in [-0.39, 0.29) is 5.91 Å². The van der Waals surface area contributed by atoms with Crippen molar-refractivity contribution in [1.82, 2.24) is 9.62 Å². The van der Waals surface area contributed by atoms with E-state index in [4.69, 9.17) is 4.74 Å². The lowest BCUT2D eigenvalue weighted by molar-refractivity contribution is -0.130. The van der Waals surface area contributed by atoms with E-state index in [2.05, 4.69) is 5.32 Å². The van der Waals surface area contributed by atoms with Crippen molar-refractivity contribution in [3.63, 3.8) is 0 Å². The van der Waals surface area contributed by atoms with Gasteiger partial charge in [-0.1, -0.05) is 36.8 Å². The summed E-state index contributed by atoms with van der Waals surface area (Å²) in [6.07, 6.45) is 2.75. The van der Waals surface area contributed by atoms with Gasteiger partial charge in [-0.2, -0.15) is 4.31 Å². The topological polar surface area (TPSA) is 75.7 Å². The normalized spacial score (nSPS) is 19.7. The van der Waals surface area contributed by atoms with E-state index < -0.39 is 15.4 Å². The van der Waals surface area contributed by atoms with Crippen LogP contribution in [0, 0.1) is 0 Å². The molecule has 150 valence electrons. The second-order valence-electron chi connectivity index (χ2n) is 7.22. The summed E-state index contributed by atoms with van der Waals surface area (Å²) in [5.74, 6) is 0.0240. The van der Waals surface area contributed by atoms with Gasteiger partial charge in [0.25, 0.3) is 10.0 Å². The standard InChI is InChI=1S/C20H24N2O4S2/c23-19(20(9-4-10-20)16-5-2-1-3-6-16)21-15-17-7-8-18(27-17)28(24,25)22-11-13-26-14-12-22/h1-3,5-8H,4,9-15H2,(H,21,23). The van der Waals surface area contributed by atoms with Crippen LogP contribution in [0.1, 0.15) is 29.7 Å². The molecule has 4 rings (SSSR count). The molecule has 0 bridgehead atoms. The zero-order chi connectivity index (χ0) is 19.6. The van der Waals surface area contributed by atoms with Gasteiger partial charge in [0.2, 0.25) is 5.91 Å². The van der Waals surface area contributed by atoms with Crippen LogP contribution in [0.4, 0.5) is 0 Å². The highest BCUT2D eigenvalue weighted by molar-refractivity contribution is 7.91. The van der Waals surface area contributed by atoms with Gasteiger partial charge in [-0.25, -0.2) is 8.42 Å². The first-order valence-corrected chi connectivity index (χ1v) is 11.8. The number of rotatable bonds is 6. The first-order valence-electron chi connectivity index (χ1n) is 9.53. The monoisotopic (exact) mass is 420 g/mol. The van der Waals surface area contributed by atoms with Crippen LogP contribution >= 0.6 is 11.3 Å². The van der Waals surface area contributed by atoms with Crippen LogP contribution in [0.5, 0.6) is 0 Å². The predicted molar refractivity (Wildman–Crippen MR) is 108 cm³/mol. The molecule has 1 amide bonds. The Morgan fingerprint density at radius 3 is 2.46 bits per heavy atom. The number of thiophene rings is 1. The van der Waals surface area contributed by atoms with Crippen LogP contribution < -0.4 is 5.32 Å². The lowest BCUT2D eigenvalue weighted by atomic mass is 9.64. The van der Waals surface area contributed by atoms with Crippen LogP contribution in [0.25, 0.3) is 0 Å². The number of nitrogens with zero attached hydrogens (tertiary/aromatic N) is 1. The molecule has 6 nitrogen and oxygen atoms in total. The first kappa shape index (κ1) is 19.6. The van der Waals surface area contributed by atoms with Gasteiger partial charge in [0.1, 0.15) is 4.21 Å². The van der Waals surface area contributed by atoms with E-state index in [1.807, 2.05) is 30.3 Å². The number of hydrogen-bond donors (Lipinski definition) is 1. The Kier molecular flexibility index (Phi) is 5.55. The zero-order valence-corrected chi connectivity index (χ0v) is 17.2. The number of benzene rings is 1. The van der Waals surface area contributed by atoms with Crippen LogP contribution in [-0.4, -0.2) is 44.9 Å². The molecule has 1 aliphatic heterocycles. The number of sulfonamides is 1. The van der Waals surface area contributed by atoms with Crippen molar-refractivity contribution in [2.24, 2.45) is 0 Å². The van der Waals surface area contributed by atoms with Gasteiger partial charge in [0.15, 0.2) is 0 Å². The lowest BCUT2D eigenvalue weighted by Crippen LogP contribution is -2.48. The molecule has 0 radical (unpaired) electrons. The van der Waals surface area contributed by atoms with Crippen molar-refractivity contribution in [3.8, 4) is 0 Å². The molecule has 1 aromatic heterocycles. The summed E-state index contributed by atoms with van der Waals surface area (Å²) < 4.78 is 32.5. The van der Waals surface area contributed by atoms with E-state index >= 15 is 0 Å². The highest BCUT2D eigenvalue weighted by Crippen LogP contribution is 2.44. The predicted octanol–water partition coefficient (Wildman–Crippen LogP) is 2.51. The molecule has 1 aliphatic carbocycles. The van der Waals surface area contributed by atoms with Crippen molar-refractivity contribution >= 4 is 27.3 Å². The van der Waals surface area contributed by atoms with Crippen molar-refractivity contribution in [2.45, 2.75) is 35.4 Å². The number of hydrogen-bond acceptors (Lipinski definition) is 5. The second-order valence-corrected chi connectivity index (χ2v) is 10.6. The van der Waals surface area contributed by atoms with E-state index in [0.29, 0.717) is 37.1 Å². The van der Waals surface area contributed by atoms with Gasteiger partial charge in [-0.05, 0) is 30.5 Å². The molecule has 1 saturated heterocycles. The smallest absolute Gasteiger partial charge is 0.252 e. The zero-order valence-electron chi connectivity index (χ0n) is 15.6. The molecule has 1 N–H and O–H groups in total. The number of nitrogens with one attached hydrogen (secondary N) is 1. The minimum Gasteiger partial charge on any atom is -0.379 e. The summed E-state index contributed by atoms with van der Waals surface area (Å²) in [6, 6.07) is 13.3. The summed E-state index contributed by atoms with van der Waals surface area (Å²) in [5, 5.41) is 3.03. The maximum atomic E-state index is 12.9. The van der Waals surface area contributed by atoms with E-state index in [0.717, 1.165) is 29.7 Å². The lowest BCUT2D eigenvalue weighted by Gasteiger charge is -2.40. The van der Waals surface area contributed by atoms with E-state index in [1.165, 1.54) is 15.6 Å². The average Bonchev–Trinajstić information content (AvgIpc) is 3.17. The third-order valence-electron chi connectivity index (χ3n) is 5.59. The SMILES string of the molecule is O=C(NCc1ccc(S(=O)(=O)N2CCOCC2)s1)C1(c2ccccc2)CCC1. The van der Waals surface area contributed by atoms with Gasteiger partial charge in [0, 0.05) is 18.0 Å². The molecule has 2 aliphatic rings. The number of amides is 1. The Balaban J connectivity index is 1.43. The summed E-state index contributed by atoms with van der Waals surface area (Å²) in [6.45, 7) is 1.96. The molecular weight excluding hydrogens is 396 g/mol. The summed E-state index contributed by atoms with van der Waals surface area (Å²) in [5.41, 5.74) is 0.613. The first-order chi connectivity index (χ1) is 13.5. The maximum Gasteiger partial charge on any atom is 0.252 e. The molecule has 0 spiro atoms. The fourth-order valence-corrected chi connectivity index (χ4v) is 6.63. The maximum absolute atomic E-state index is 12.9. The number of ether oxygens (including phenoxy) is 1. The summed E-state index contributed by atoms with van der Waals surface area (Å²) >= 11 is 1.22. The Morgan fingerprint density at radius 2 is 1.82 bits per heavy atom. The van der Waals surface area contributed by atoms with Crippen LogP contribution in [-0.2, 0) is 31.5 Å².